The van der Waals surface area contributed by atoms with E-state index in [4.69, 9.17) is 0 Å². The summed E-state index contributed by atoms with van der Waals surface area (Å²) in [6, 6.07) is 0. The molecule has 1 aliphatic carbocycles. The third-order valence-electron chi connectivity index (χ3n) is 4.43. The Labute approximate surface area is 108 Å². The van der Waals surface area contributed by atoms with Crippen LogP contribution in [0.4, 0.5) is 0 Å². The Balaban J connectivity index is 2.25. The lowest BCUT2D eigenvalue weighted by atomic mass is 9.81. The first-order valence-corrected chi connectivity index (χ1v) is 7.69. The zero-order chi connectivity index (χ0) is 13.6. The summed E-state index contributed by atoms with van der Waals surface area (Å²) in [5.74, 6) is -0.878. The van der Waals surface area contributed by atoms with E-state index in [-0.39, 0.29) is 12.5 Å². The van der Waals surface area contributed by atoms with Gasteiger partial charge in [-0.1, -0.05) is 13.3 Å². The normalized spacial score (nSPS) is 32.9. The highest BCUT2D eigenvalue weighted by molar-refractivity contribution is 7.86. The lowest BCUT2D eigenvalue weighted by molar-refractivity contribution is -0.149. The van der Waals surface area contributed by atoms with Gasteiger partial charge in [-0.15, -0.1) is 0 Å². The van der Waals surface area contributed by atoms with Crippen LogP contribution in [0.25, 0.3) is 0 Å². The molecule has 2 rings (SSSR count). The zero-order valence-electron chi connectivity index (χ0n) is 10.8. The average molecular weight is 276 g/mol. The van der Waals surface area contributed by atoms with Gasteiger partial charge in [-0.25, -0.2) is 0 Å². The van der Waals surface area contributed by atoms with Gasteiger partial charge in [0, 0.05) is 26.7 Å². The Hall–Kier alpha value is -0.660. The minimum Gasteiger partial charge on any atom is -0.481 e. The van der Waals surface area contributed by atoms with Gasteiger partial charge in [0.1, 0.15) is 0 Å². The van der Waals surface area contributed by atoms with Gasteiger partial charge in [0.15, 0.2) is 0 Å². The Kier molecular flexibility index (Phi) is 3.42. The van der Waals surface area contributed by atoms with Crippen molar-refractivity contribution in [3.63, 3.8) is 0 Å². The topological polar surface area (TPSA) is 77.9 Å². The van der Waals surface area contributed by atoms with Crippen molar-refractivity contribution >= 4 is 16.2 Å². The van der Waals surface area contributed by atoms with Gasteiger partial charge in [-0.2, -0.15) is 17.0 Å². The van der Waals surface area contributed by atoms with Gasteiger partial charge in [-0.3, -0.25) is 4.79 Å². The second-order valence-corrected chi connectivity index (χ2v) is 7.30. The molecule has 2 aliphatic rings. The van der Waals surface area contributed by atoms with Crippen LogP contribution in [0.5, 0.6) is 0 Å². The predicted octanol–water partition coefficient (Wildman–Crippen LogP) is 0.370. The van der Waals surface area contributed by atoms with Gasteiger partial charge in [0.25, 0.3) is 10.2 Å². The van der Waals surface area contributed by atoms with Crippen molar-refractivity contribution < 1.29 is 18.3 Å². The van der Waals surface area contributed by atoms with Crippen molar-refractivity contribution in [2.45, 2.75) is 26.2 Å². The lowest BCUT2D eigenvalue weighted by Gasteiger charge is -2.25. The molecule has 0 aromatic heterocycles. The fourth-order valence-corrected chi connectivity index (χ4v) is 4.61. The van der Waals surface area contributed by atoms with E-state index in [2.05, 4.69) is 0 Å². The molecule has 1 saturated heterocycles. The standard InChI is InChI=1S/C11H20N2O4S/c1-3-12(2)18(16,17)13-7-9-5-4-6-11(9,8-13)10(14)15/h9H,3-8H2,1-2H3,(H,14,15)/t9-,11+/m0/s1. The molecule has 18 heavy (non-hydrogen) atoms. The predicted molar refractivity (Wildman–Crippen MR) is 66.2 cm³/mol. The minimum atomic E-state index is -3.50. The van der Waals surface area contributed by atoms with Crippen LogP contribution in [0.15, 0.2) is 0 Å². The first kappa shape index (κ1) is 13.8. The molecule has 1 N–H and O–H groups in total. The number of carbonyl (C=O) groups is 1. The number of aliphatic carboxylic acids is 1. The maximum absolute atomic E-state index is 12.2. The molecule has 2 fully saturated rings. The van der Waals surface area contributed by atoms with E-state index in [9.17, 15) is 18.3 Å². The van der Waals surface area contributed by atoms with Crippen LogP contribution in [-0.2, 0) is 15.0 Å². The maximum atomic E-state index is 12.2. The molecule has 2 atom stereocenters. The molecule has 0 spiro atoms. The first-order valence-electron chi connectivity index (χ1n) is 6.29. The van der Waals surface area contributed by atoms with Gasteiger partial charge in [-0.05, 0) is 18.8 Å². The van der Waals surface area contributed by atoms with Crippen LogP contribution in [-0.4, -0.2) is 54.8 Å². The van der Waals surface area contributed by atoms with Crippen molar-refractivity contribution in [1.82, 2.24) is 8.61 Å². The maximum Gasteiger partial charge on any atom is 0.311 e. The summed E-state index contributed by atoms with van der Waals surface area (Å²) in [5.41, 5.74) is -0.846. The van der Waals surface area contributed by atoms with Crippen molar-refractivity contribution in [3.8, 4) is 0 Å². The molecular formula is C11H20N2O4S. The summed E-state index contributed by atoms with van der Waals surface area (Å²) in [6.45, 7) is 2.63. The van der Waals surface area contributed by atoms with E-state index < -0.39 is 21.6 Å². The minimum absolute atomic E-state index is 0.0324. The smallest absolute Gasteiger partial charge is 0.311 e. The number of carboxylic acids is 1. The van der Waals surface area contributed by atoms with Gasteiger partial charge in [0.2, 0.25) is 0 Å². The molecule has 0 amide bonds. The van der Waals surface area contributed by atoms with Crippen LogP contribution < -0.4 is 0 Å². The Morgan fingerprint density at radius 2 is 2.22 bits per heavy atom. The summed E-state index contributed by atoms with van der Waals surface area (Å²) in [5, 5.41) is 9.42. The molecule has 0 aromatic carbocycles. The van der Waals surface area contributed by atoms with E-state index in [1.807, 2.05) is 0 Å². The Bertz CT molecular complexity index is 450. The SMILES string of the molecule is CCN(C)S(=O)(=O)N1C[C@@H]2CCC[C@@]2(C(=O)O)C1. The second kappa shape index (κ2) is 4.47. The monoisotopic (exact) mass is 276 g/mol. The van der Waals surface area contributed by atoms with E-state index >= 15 is 0 Å². The zero-order valence-corrected chi connectivity index (χ0v) is 11.6. The van der Waals surface area contributed by atoms with Crippen molar-refractivity contribution in [3.05, 3.63) is 0 Å². The average Bonchev–Trinajstić information content (AvgIpc) is 2.84. The summed E-state index contributed by atoms with van der Waals surface area (Å²) in [6.07, 6.45) is 2.29. The summed E-state index contributed by atoms with van der Waals surface area (Å²) in [4.78, 5) is 11.5. The van der Waals surface area contributed by atoms with Gasteiger partial charge >= 0.3 is 5.97 Å². The number of carboxylic acid groups (broad SMARTS) is 1. The number of hydrogen-bond donors (Lipinski definition) is 1. The van der Waals surface area contributed by atoms with Crippen LogP contribution in [0.1, 0.15) is 26.2 Å². The summed E-state index contributed by atoms with van der Waals surface area (Å²) < 4.78 is 27.0. The van der Waals surface area contributed by atoms with Crippen LogP contribution in [0, 0.1) is 11.3 Å². The molecule has 7 heteroatoms. The number of hydrogen-bond acceptors (Lipinski definition) is 3. The van der Waals surface area contributed by atoms with Crippen molar-refractivity contribution in [2.75, 3.05) is 26.7 Å². The molecule has 0 aromatic rings. The van der Waals surface area contributed by atoms with Crippen molar-refractivity contribution in [1.29, 1.82) is 0 Å². The highest BCUT2D eigenvalue weighted by Crippen LogP contribution is 2.49. The van der Waals surface area contributed by atoms with E-state index in [1.165, 1.54) is 15.7 Å². The number of nitrogens with zero attached hydrogens (tertiary/aromatic N) is 2. The highest BCUT2D eigenvalue weighted by atomic mass is 32.2. The Morgan fingerprint density at radius 1 is 1.56 bits per heavy atom. The molecule has 0 radical (unpaired) electrons. The fraction of sp³-hybridized carbons (Fsp3) is 0.909. The molecule has 6 nitrogen and oxygen atoms in total. The quantitative estimate of drug-likeness (QED) is 0.804. The molecule has 0 unspecified atom stereocenters. The van der Waals surface area contributed by atoms with Crippen molar-refractivity contribution in [2.24, 2.45) is 11.3 Å². The largest absolute Gasteiger partial charge is 0.481 e. The molecule has 104 valence electrons. The molecule has 0 bridgehead atoms. The fourth-order valence-electron chi connectivity index (χ4n) is 3.13. The summed E-state index contributed by atoms with van der Waals surface area (Å²) in [7, 11) is -1.97. The molecule has 1 aliphatic heterocycles. The van der Waals surface area contributed by atoms with Crippen LogP contribution >= 0.6 is 0 Å². The van der Waals surface area contributed by atoms with E-state index in [1.54, 1.807) is 6.92 Å². The van der Waals surface area contributed by atoms with Gasteiger partial charge < -0.3 is 5.11 Å². The molecule has 1 saturated carbocycles. The van der Waals surface area contributed by atoms with E-state index in [0.717, 1.165) is 12.8 Å². The lowest BCUT2D eigenvalue weighted by Crippen LogP contribution is -2.43. The third-order valence-corrected chi connectivity index (χ3v) is 6.41. The first-order chi connectivity index (χ1) is 8.34. The van der Waals surface area contributed by atoms with Crippen LogP contribution in [0.2, 0.25) is 0 Å². The third kappa shape index (κ3) is 1.85. The van der Waals surface area contributed by atoms with E-state index in [0.29, 0.717) is 19.5 Å². The summed E-state index contributed by atoms with van der Waals surface area (Å²) >= 11 is 0. The Morgan fingerprint density at radius 3 is 2.72 bits per heavy atom. The second-order valence-electron chi connectivity index (χ2n) is 5.26. The van der Waals surface area contributed by atoms with Gasteiger partial charge in [0.05, 0.1) is 5.41 Å². The number of fused-ring (bicyclic) bond motifs is 1. The highest BCUT2D eigenvalue weighted by Gasteiger charge is 2.57. The molecular weight excluding hydrogens is 256 g/mol. The van der Waals surface area contributed by atoms with Crippen LogP contribution in [0.3, 0.4) is 0 Å². The number of rotatable bonds is 4. The molecule has 1 heterocycles.